The normalized spacial score (nSPS) is 17.7. The summed E-state index contributed by atoms with van der Waals surface area (Å²) < 4.78 is 0. The number of nitrogens with zero attached hydrogens (tertiary/aromatic N) is 2. The van der Waals surface area contributed by atoms with Gasteiger partial charge in [0.05, 0.1) is 0 Å². The molecule has 2 nitrogen and oxygen atoms in total. The lowest BCUT2D eigenvalue weighted by Gasteiger charge is -2.07. The number of aromatic nitrogens is 2. The maximum absolute atomic E-state index is 4.33. The number of aryl methyl sites for hydroxylation is 1. The zero-order valence-electron chi connectivity index (χ0n) is 9.12. The van der Waals surface area contributed by atoms with Crippen LogP contribution in [0, 0.1) is 5.92 Å². The molecule has 1 aliphatic rings. The van der Waals surface area contributed by atoms with Gasteiger partial charge >= 0.3 is 0 Å². The van der Waals surface area contributed by atoms with E-state index in [9.17, 15) is 0 Å². The predicted molar refractivity (Wildman–Crippen MR) is 65.2 cm³/mol. The van der Waals surface area contributed by atoms with Crippen molar-refractivity contribution in [2.45, 2.75) is 43.9 Å². The summed E-state index contributed by atoms with van der Waals surface area (Å²) in [4.78, 5) is 9.21. The van der Waals surface area contributed by atoms with Crippen LogP contribution in [-0.2, 0) is 12.8 Å². The quantitative estimate of drug-likeness (QED) is 0.767. The molecule has 0 N–H and O–H groups in total. The maximum atomic E-state index is 4.33. The first kappa shape index (κ1) is 11.1. The third-order valence-electron chi connectivity index (χ3n) is 2.82. The highest BCUT2D eigenvalue weighted by Crippen LogP contribution is 2.37. The van der Waals surface area contributed by atoms with Crippen molar-refractivity contribution in [3.63, 3.8) is 0 Å². The molecule has 1 fully saturated rings. The Morgan fingerprint density at radius 3 is 2.80 bits per heavy atom. The summed E-state index contributed by atoms with van der Waals surface area (Å²) in [5.74, 6) is 0.884. The van der Waals surface area contributed by atoms with Gasteiger partial charge in [0.1, 0.15) is 6.33 Å². The third kappa shape index (κ3) is 3.26. The molecule has 82 valence electrons. The van der Waals surface area contributed by atoms with Crippen molar-refractivity contribution in [3.05, 3.63) is 23.8 Å². The Morgan fingerprint density at radius 1 is 1.40 bits per heavy atom. The Balaban J connectivity index is 1.97. The van der Waals surface area contributed by atoms with Gasteiger partial charge in [-0.2, -0.15) is 0 Å². The molecular weight excluding hydrogens is 252 g/mol. The average molecular weight is 269 g/mol. The topological polar surface area (TPSA) is 25.8 Å². The molecule has 1 aliphatic carbocycles. The summed E-state index contributed by atoms with van der Waals surface area (Å²) in [5.41, 5.74) is 2.36. The van der Waals surface area contributed by atoms with E-state index in [2.05, 4.69) is 38.9 Å². The van der Waals surface area contributed by atoms with Gasteiger partial charge in [0.15, 0.2) is 0 Å². The van der Waals surface area contributed by atoms with Crippen molar-refractivity contribution in [1.29, 1.82) is 0 Å². The largest absolute Gasteiger partial charge is 0.241 e. The molecule has 0 aliphatic heterocycles. The van der Waals surface area contributed by atoms with Crippen molar-refractivity contribution >= 4 is 15.9 Å². The zero-order valence-corrected chi connectivity index (χ0v) is 10.7. The van der Waals surface area contributed by atoms with Gasteiger partial charge in [0.2, 0.25) is 0 Å². The van der Waals surface area contributed by atoms with Crippen LogP contribution in [-0.4, -0.2) is 14.8 Å². The first-order valence-electron chi connectivity index (χ1n) is 5.73. The van der Waals surface area contributed by atoms with Gasteiger partial charge in [0.25, 0.3) is 0 Å². The van der Waals surface area contributed by atoms with Crippen LogP contribution in [0.5, 0.6) is 0 Å². The fraction of sp³-hybridized carbons (Fsp3) is 0.667. The Hall–Kier alpha value is -0.440. The molecule has 1 aromatic heterocycles. The van der Waals surface area contributed by atoms with Gasteiger partial charge in [-0.1, -0.05) is 29.3 Å². The molecule has 3 heteroatoms. The minimum Gasteiger partial charge on any atom is -0.241 e. The van der Waals surface area contributed by atoms with Crippen LogP contribution >= 0.6 is 15.9 Å². The van der Waals surface area contributed by atoms with Gasteiger partial charge in [-0.25, -0.2) is 9.97 Å². The predicted octanol–water partition coefficient (Wildman–Crippen LogP) is 3.15. The summed E-state index contributed by atoms with van der Waals surface area (Å²) in [5, 5.41) is 0. The first-order valence-corrected chi connectivity index (χ1v) is 6.65. The van der Waals surface area contributed by atoms with Gasteiger partial charge in [-0.15, -0.1) is 0 Å². The van der Waals surface area contributed by atoms with Gasteiger partial charge < -0.3 is 0 Å². The minimum absolute atomic E-state index is 0.613. The lowest BCUT2D eigenvalue weighted by Crippen LogP contribution is -2.07. The second-order valence-electron chi connectivity index (χ2n) is 4.31. The maximum Gasteiger partial charge on any atom is 0.115 e. The van der Waals surface area contributed by atoms with E-state index in [1.165, 1.54) is 24.2 Å². The second kappa shape index (κ2) is 5.06. The summed E-state index contributed by atoms with van der Waals surface area (Å²) in [6, 6.07) is 2.15. The van der Waals surface area contributed by atoms with Crippen LogP contribution in [0.1, 0.15) is 37.6 Å². The summed E-state index contributed by atoms with van der Waals surface area (Å²) in [7, 11) is 0. The number of halogens is 1. The van der Waals surface area contributed by atoms with Crippen molar-refractivity contribution < 1.29 is 0 Å². The molecule has 1 heterocycles. The average Bonchev–Trinajstić information content (AvgIpc) is 3.01. The molecular formula is C12H17BrN2. The molecule has 0 aromatic carbocycles. The van der Waals surface area contributed by atoms with Crippen LogP contribution < -0.4 is 0 Å². The minimum atomic E-state index is 0.613. The molecule has 0 amide bonds. The highest BCUT2D eigenvalue weighted by molar-refractivity contribution is 9.09. The van der Waals surface area contributed by atoms with E-state index in [0.717, 1.165) is 25.2 Å². The third-order valence-corrected chi connectivity index (χ3v) is 3.90. The molecule has 2 rings (SSSR count). The second-order valence-corrected chi connectivity index (χ2v) is 5.48. The lowest BCUT2D eigenvalue weighted by atomic mass is 10.1. The smallest absolute Gasteiger partial charge is 0.115 e. The lowest BCUT2D eigenvalue weighted by molar-refractivity contribution is 0.738. The van der Waals surface area contributed by atoms with Gasteiger partial charge in [0, 0.05) is 22.6 Å². The number of hydrogen-bond donors (Lipinski definition) is 0. The monoisotopic (exact) mass is 268 g/mol. The zero-order chi connectivity index (χ0) is 10.7. The fourth-order valence-electron chi connectivity index (χ4n) is 1.77. The molecule has 1 atom stereocenters. The van der Waals surface area contributed by atoms with E-state index >= 15 is 0 Å². The van der Waals surface area contributed by atoms with Crippen molar-refractivity contribution in [2.75, 3.05) is 0 Å². The van der Waals surface area contributed by atoms with Crippen LogP contribution in [0.25, 0.3) is 0 Å². The van der Waals surface area contributed by atoms with Crippen molar-refractivity contribution in [3.8, 4) is 0 Å². The number of hydrogen-bond acceptors (Lipinski definition) is 2. The summed E-state index contributed by atoms with van der Waals surface area (Å²) in [6.45, 7) is 2.18. The summed E-state index contributed by atoms with van der Waals surface area (Å²) in [6.07, 6.45) is 7.71. The highest BCUT2D eigenvalue weighted by atomic mass is 79.9. The van der Waals surface area contributed by atoms with Crippen LogP contribution in [0.3, 0.4) is 0 Å². The molecule has 0 bridgehead atoms. The van der Waals surface area contributed by atoms with E-state index in [1.54, 1.807) is 6.33 Å². The number of alkyl halides is 1. The SMILES string of the molecule is CCCc1cc(CC(Br)C2CC2)ncn1. The standard InChI is InChI=1S/C12H17BrN2/c1-2-3-10-6-11(15-8-14-10)7-12(13)9-4-5-9/h6,8-9,12H,2-5,7H2,1H3. The van der Waals surface area contributed by atoms with Gasteiger partial charge in [-0.3, -0.25) is 0 Å². The fourth-order valence-corrected chi connectivity index (χ4v) is 2.63. The van der Waals surface area contributed by atoms with E-state index in [-0.39, 0.29) is 0 Å². The Morgan fingerprint density at radius 2 is 2.13 bits per heavy atom. The summed E-state index contributed by atoms with van der Waals surface area (Å²) >= 11 is 3.74. The van der Waals surface area contributed by atoms with Crippen LogP contribution in [0.4, 0.5) is 0 Å². The Labute approximate surface area is 99.7 Å². The molecule has 1 saturated carbocycles. The van der Waals surface area contributed by atoms with E-state index < -0.39 is 0 Å². The van der Waals surface area contributed by atoms with Crippen molar-refractivity contribution in [1.82, 2.24) is 9.97 Å². The van der Waals surface area contributed by atoms with E-state index in [1.807, 2.05) is 0 Å². The van der Waals surface area contributed by atoms with E-state index in [0.29, 0.717) is 4.83 Å². The molecule has 0 saturated heterocycles. The highest BCUT2D eigenvalue weighted by Gasteiger charge is 2.29. The Kier molecular flexibility index (Phi) is 3.73. The van der Waals surface area contributed by atoms with Crippen LogP contribution in [0.15, 0.2) is 12.4 Å². The molecule has 15 heavy (non-hydrogen) atoms. The van der Waals surface area contributed by atoms with Crippen LogP contribution in [0.2, 0.25) is 0 Å². The van der Waals surface area contributed by atoms with E-state index in [4.69, 9.17) is 0 Å². The molecule has 0 radical (unpaired) electrons. The Bertz CT molecular complexity index is 323. The van der Waals surface area contributed by atoms with Crippen molar-refractivity contribution in [2.24, 2.45) is 5.92 Å². The number of rotatable bonds is 5. The van der Waals surface area contributed by atoms with Gasteiger partial charge in [-0.05, 0) is 31.2 Å². The molecule has 1 unspecified atom stereocenters. The first-order chi connectivity index (χ1) is 7.29. The molecule has 0 spiro atoms. The molecule has 1 aromatic rings.